The van der Waals surface area contributed by atoms with Crippen molar-refractivity contribution in [2.45, 2.75) is 20.0 Å². The lowest BCUT2D eigenvalue weighted by molar-refractivity contribution is -0.116. The van der Waals surface area contributed by atoms with Gasteiger partial charge >= 0.3 is 0 Å². The highest BCUT2D eigenvalue weighted by Crippen LogP contribution is 2.28. The Morgan fingerprint density at radius 3 is 2.65 bits per heavy atom. The quantitative estimate of drug-likeness (QED) is 0.843. The first-order valence-corrected chi connectivity index (χ1v) is 5.84. The summed E-state index contributed by atoms with van der Waals surface area (Å²) in [5.74, 6) is -0.400. The zero-order valence-corrected chi connectivity index (χ0v) is 10.7. The first-order valence-electron chi connectivity index (χ1n) is 5.46. The van der Waals surface area contributed by atoms with E-state index < -0.39 is 12.0 Å². The highest BCUT2D eigenvalue weighted by molar-refractivity contribution is 6.33. The van der Waals surface area contributed by atoms with E-state index >= 15 is 0 Å². The second-order valence-corrected chi connectivity index (χ2v) is 4.27. The van der Waals surface area contributed by atoms with E-state index in [-0.39, 0.29) is 6.54 Å². The van der Waals surface area contributed by atoms with E-state index in [4.69, 9.17) is 17.3 Å². The molecule has 5 heteroatoms. The molecule has 0 saturated carbocycles. The van der Waals surface area contributed by atoms with Crippen LogP contribution in [0, 0.1) is 0 Å². The van der Waals surface area contributed by atoms with Crippen molar-refractivity contribution in [3.8, 4) is 0 Å². The topological polar surface area (TPSA) is 66.6 Å². The van der Waals surface area contributed by atoms with Gasteiger partial charge in [-0.3, -0.25) is 4.79 Å². The zero-order valence-electron chi connectivity index (χ0n) is 9.98. The highest BCUT2D eigenvalue weighted by Gasteiger charge is 2.12. The Kier molecular flexibility index (Phi) is 4.78. The zero-order chi connectivity index (χ0) is 13.0. The third kappa shape index (κ3) is 3.61. The van der Waals surface area contributed by atoms with Gasteiger partial charge < -0.3 is 15.7 Å². The van der Waals surface area contributed by atoms with Crippen molar-refractivity contribution in [1.29, 1.82) is 0 Å². The van der Waals surface area contributed by atoms with Crippen LogP contribution in [0.25, 0.3) is 0 Å². The average Bonchev–Trinajstić information content (AvgIpc) is 2.25. The van der Waals surface area contributed by atoms with Crippen LogP contribution < -0.4 is 10.6 Å². The molecule has 0 aliphatic heterocycles. The largest absolute Gasteiger partial charge is 0.389 e. The van der Waals surface area contributed by atoms with Gasteiger partial charge in [0.1, 0.15) is 0 Å². The first kappa shape index (κ1) is 13.8. The molecule has 17 heavy (non-hydrogen) atoms. The smallest absolute Gasteiger partial charge is 0.236 e. The Balaban J connectivity index is 3.00. The van der Waals surface area contributed by atoms with E-state index in [0.717, 1.165) is 11.3 Å². The molecule has 0 fully saturated rings. The second-order valence-electron chi connectivity index (χ2n) is 3.87. The summed E-state index contributed by atoms with van der Waals surface area (Å²) in [7, 11) is 0. The van der Waals surface area contributed by atoms with Gasteiger partial charge in [-0.1, -0.05) is 17.7 Å². The van der Waals surface area contributed by atoms with Gasteiger partial charge in [0.15, 0.2) is 0 Å². The van der Waals surface area contributed by atoms with Crippen LogP contribution in [-0.4, -0.2) is 24.1 Å². The summed E-state index contributed by atoms with van der Waals surface area (Å²) in [6, 6.07) is 5.28. The van der Waals surface area contributed by atoms with Crippen LogP contribution in [0.15, 0.2) is 18.2 Å². The summed E-state index contributed by atoms with van der Waals surface area (Å²) < 4.78 is 0. The Labute approximate surface area is 106 Å². The van der Waals surface area contributed by atoms with Gasteiger partial charge in [-0.25, -0.2) is 0 Å². The number of rotatable bonds is 5. The summed E-state index contributed by atoms with van der Waals surface area (Å²) in [5.41, 5.74) is 6.66. The molecule has 1 aromatic rings. The summed E-state index contributed by atoms with van der Waals surface area (Å²) in [4.78, 5) is 12.7. The van der Waals surface area contributed by atoms with Crippen LogP contribution >= 0.6 is 11.6 Å². The van der Waals surface area contributed by atoms with Crippen molar-refractivity contribution >= 4 is 23.2 Å². The molecular formula is C12H17ClN2O2. The van der Waals surface area contributed by atoms with Crippen LogP contribution in [0.5, 0.6) is 0 Å². The fourth-order valence-corrected chi connectivity index (χ4v) is 1.90. The van der Waals surface area contributed by atoms with Crippen LogP contribution in [0.4, 0.5) is 5.69 Å². The molecule has 4 nitrogen and oxygen atoms in total. The van der Waals surface area contributed by atoms with Crippen molar-refractivity contribution < 1.29 is 9.90 Å². The lowest BCUT2D eigenvalue weighted by Crippen LogP contribution is -2.33. The number of hydrogen-bond donors (Lipinski definition) is 2. The SMILES string of the molecule is CCN(CC(N)=O)c1ccc([C@@H](C)O)cc1Cl. The van der Waals surface area contributed by atoms with Gasteiger partial charge in [-0.15, -0.1) is 0 Å². The molecule has 0 heterocycles. The van der Waals surface area contributed by atoms with Gasteiger partial charge in [0.2, 0.25) is 5.91 Å². The number of primary amides is 1. The standard InChI is InChI=1S/C12H17ClN2O2/c1-3-15(7-12(14)17)11-5-4-9(8(2)16)6-10(11)13/h4-6,8,16H,3,7H2,1-2H3,(H2,14,17)/t8-/m1/s1. The van der Waals surface area contributed by atoms with Crippen LogP contribution in [0.1, 0.15) is 25.5 Å². The fraction of sp³-hybridized carbons (Fsp3) is 0.417. The summed E-state index contributed by atoms with van der Waals surface area (Å²) in [6.07, 6.45) is -0.562. The summed E-state index contributed by atoms with van der Waals surface area (Å²) in [5, 5.41) is 9.94. The van der Waals surface area contributed by atoms with E-state index in [1.165, 1.54) is 0 Å². The van der Waals surface area contributed by atoms with Gasteiger partial charge in [-0.2, -0.15) is 0 Å². The number of hydrogen-bond acceptors (Lipinski definition) is 3. The summed E-state index contributed by atoms with van der Waals surface area (Å²) >= 11 is 6.13. The molecular weight excluding hydrogens is 240 g/mol. The number of benzene rings is 1. The number of halogens is 1. The second kappa shape index (κ2) is 5.89. The minimum atomic E-state index is -0.562. The molecule has 1 atom stereocenters. The molecule has 1 rings (SSSR count). The van der Waals surface area contributed by atoms with Crippen LogP contribution in [0.3, 0.4) is 0 Å². The number of amides is 1. The lowest BCUT2D eigenvalue weighted by atomic mass is 10.1. The maximum absolute atomic E-state index is 10.9. The molecule has 0 unspecified atom stereocenters. The Morgan fingerprint density at radius 1 is 1.59 bits per heavy atom. The van der Waals surface area contributed by atoms with E-state index in [0.29, 0.717) is 11.6 Å². The third-order valence-corrected chi connectivity index (χ3v) is 2.83. The molecule has 0 radical (unpaired) electrons. The predicted octanol–water partition coefficient (Wildman–Crippen LogP) is 1.70. The monoisotopic (exact) mass is 256 g/mol. The van der Waals surface area contributed by atoms with Crippen molar-refractivity contribution in [2.75, 3.05) is 18.0 Å². The van der Waals surface area contributed by atoms with Gasteiger partial charge in [0.25, 0.3) is 0 Å². The maximum atomic E-state index is 10.9. The number of aliphatic hydroxyl groups excluding tert-OH is 1. The van der Waals surface area contributed by atoms with Crippen molar-refractivity contribution in [3.05, 3.63) is 28.8 Å². The predicted molar refractivity (Wildman–Crippen MR) is 69.2 cm³/mol. The van der Waals surface area contributed by atoms with Crippen molar-refractivity contribution in [1.82, 2.24) is 0 Å². The molecule has 0 aliphatic rings. The number of anilines is 1. The summed E-state index contributed by atoms with van der Waals surface area (Å²) in [6.45, 7) is 4.36. The minimum absolute atomic E-state index is 0.129. The molecule has 1 amide bonds. The van der Waals surface area contributed by atoms with E-state index in [1.807, 2.05) is 6.92 Å². The van der Waals surface area contributed by atoms with E-state index in [9.17, 15) is 9.90 Å². The number of nitrogens with zero attached hydrogens (tertiary/aromatic N) is 1. The molecule has 1 aromatic carbocycles. The highest BCUT2D eigenvalue weighted by atomic mass is 35.5. The molecule has 0 aromatic heterocycles. The molecule has 3 N–H and O–H groups in total. The van der Waals surface area contributed by atoms with Crippen molar-refractivity contribution in [3.63, 3.8) is 0 Å². The number of aliphatic hydroxyl groups is 1. The van der Waals surface area contributed by atoms with Gasteiger partial charge in [0, 0.05) is 6.54 Å². The minimum Gasteiger partial charge on any atom is -0.389 e. The Bertz CT molecular complexity index is 407. The van der Waals surface area contributed by atoms with Crippen LogP contribution in [-0.2, 0) is 4.79 Å². The number of carbonyl (C=O) groups is 1. The maximum Gasteiger partial charge on any atom is 0.236 e. The van der Waals surface area contributed by atoms with Gasteiger partial charge in [-0.05, 0) is 31.5 Å². The number of nitrogens with two attached hydrogens (primary N) is 1. The average molecular weight is 257 g/mol. The van der Waals surface area contributed by atoms with Crippen LogP contribution in [0.2, 0.25) is 5.02 Å². The Morgan fingerprint density at radius 2 is 2.24 bits per heavy atom. The third-order valence-electron chi connectivity index (χ3n) is 2.52. The molecule has 0 aliphatic carbocycles. The molecule has 0 bridgehead atoms. The van der Waals surface area contributed by atoms with E-state index in [1.54, 1.807) is 30.0 Å². The first-order chi connectivity index (χ1) is 7.95. The fourth-order valence-electron chi connectivity index (χ4n) is 1.59. The Hall–Kier alpha value is -1.26. The van der Waals surface area contributed by atoms with Crippen molar-refractivity contribution in [2.24, 2.45) is 5.73 Å². The normalized spacial score (nSPS) is 12.2. The number of carbonyl (C=O) groups excluding carboxylic acids is 1. The number of likely N-dealkylation sites (N-methyl/N-ethyl adjacent to an activating group) is 1. The van der Waals surface area contributed by atoms with Gasteiger partial charge in [0.05, 0.1) is 23.4 Å². The lowest BCUT2D eigenvalue weighted by Gasteiger charge is -2.23. The van der Waals surface area contributed by atoms with E-state index in [2.05, 4.69) is 0 Å². The molecule has 0 saturated heterocycles. The molecule has 0 spiro atoms. The molecule has 94 valence electrons.